The second-order valence-electron chi connectivity index (χ2n) is 5.81. The van der Waals surface area contributed by atoms with Gasteiger partial charge in [-0.2, -0.15) is 13.9 Å². The van der Waals surface area contributed by atoms with Gasteiger partial charge in [0.15, 0.2) is 0 Å². The van der Waals surface area contributed by atoms with Crippen LogP contribution in [0.3, 0.4) is 0 Å². The third-order valence-corrected chi connectivity index (χ3v) is 4.07. The third-order valence-electron chi connectivity index (χ3n) is 4.07. The summed E-state index contributed by atoms with van der Waals surface area (Å²) in [5.41, 5.74) is 2.92. The molecule has 5 nitrogen and oxygen atoms in total. The SMILES string of the molecule is Cc1nn(C(F)F)c(C)c1CC(=O)Nc1cccnc1C1CC1. The first-order valence-electron chi connectivity index (χ1n) is 7.55. The van der Waals surface area contributed by atoms with Crippen molar-refractivity contribution >= 4 is 11.6 Å². The molecule has 0 aromatic carbocycles. The molecule has 0 saturated heterocycles. The van der Waals surface area contributed by atoms with Gasteiger partial charge in [-0.1, -0.05) is 0 Å². The number of carbonyl (C=O) groups excluding carboxylic acids is 1. The lowest BCUT2D eigenvalue weighted by atomic mass is 10.1. The lowest BCUT2D eigenvalue weighted by Gasteiger charge is -2.10. The average molecular weight is 320 g/mol. The molecule has 0 atom stereocenters. The summed E-state index contributed by atoms with van der Waals surface area (Å²) < 4.78 is 26.3. The summed E-state index contributed by atoms with van der Waals surface area (Å²) in [5.74, 6) is 0.163. The summed E-state index contributed by atoms with van der Waals surface area (Å²) in [4.78, 5) is 16.6. The number of rotatable bonds is 5. The molecule has 0 spiro atoms. The van der Waals surface area contributed by atoms with E-state index in [1.165, 1.54) is 0 Å². The van der Waals surface area contributed by atoms with Gasteiger partial charge in [-0.25, -0.2) is 4.68 Å². The molecule has 0 radical (unpaired) electrons. The molecule has 122 valence electrons. The van der Waals surface area contributed by atoms with Crippen LogP contribution in [0.1, 0.15) is 48.0 Å². The van der Waals surface area contributed by atoms with Crippen LogP contribution in [0.2, 0.25) is 0 Å². The van der Waals surface area contributed by atoms with Crippen LogP contribution in [-0.2, 0) is 11.2 Å². The fourth-order valence-corrected chi connectivity index (χ4v) is 2.70. The van der Waals surface area contributed by atoms with E-state index in [9.17, 15) is 13.6 Å². The van der Waals surface area contributed by atoms with E-state index < -0.39 is 6.55 Å². The summed E-state index contributed by atoms with van der Waals surface area (Å²) in [6, 6.07) is 3.59. The second-order valence-corrected chi connectivity index (χ2v) is 5.81. The largest absolute Gasteiger partial charge is 0.333 e. The zero-order chi connectivity index (χ0) is 16.6. The maximum absolute atomic E-state index is 12.8. The fraction of sp³-hybridized carbons (Fsp3) is 0.438. The summed E-state index contributed by atoms with van der Waals surface area (Å²) in [6.45, 7) is 0.480. The van der Waals surface area contributed by atoms with E-state index in [2.05, 4.69) is 15.4 Å². The van der Waals surface area contributed by atoms with Crippen molar-refractivity contribution < 1.29 is 13.6 Å². The number of nitrogens with zero attached hydrogens (tertiary/aromatic N) is 3. The van der Waals surface area contributed by atoms with Crippen molar-refractivity contribution in [3.63, 3.8) is 0 Å². The zero-order valence-corrected chi connectivity index (χ0v) is 13.0. The molecule has 1 fully saturated rings. The first-order chi connectivity index (χ1) is 11.0. The number of nitrogens with one attached hydrogen (secondary N) is 1. The van der Waals surface area contributed by atoms with Gasteiger partial charge in [0.05, 0.1) is 23.5 Å². The van der Waals surface area contributed by atoms with Crippen LogP contribution in [-0.4, -0.2) is 20.7 Å². The van der Waals surface area contributed by atoms with Crippen molar-refractivity contribution in [2.75, 3.05) is 5.32 Å². The molecule has 0 bridgehead atoms. The number of anilines is 1. The molecular formula is C16H18F2N4O. The smallest absolute Gasteiger partial charge is 0.324 e. The molecule has 2 aromatic heterocycles. The standard InChI is InChI=1S/C16H18F2N4O/c1-9-12(10(2)22(21-9)16(17)18)8-14(23)20-13-4-3-7-19-15(13)11-5-6-11/h3-4,7,11,16H,5-6,8H2,1-2H3,(H,20,23). The lowest BCUT2D eigenvalue weighted by Crippen LogP contribution is -2.17. The summed E-state index contributed by atoms with van der Waals surface area (Å²) in [7, 11) is 0. The van der Waals surface area contributed by atoms with Gasteiger partial charge in [0.2, 0.25) is 5.91 Å². The first-order valence-corrected chi connectivity index (χ1v) is 7.55. The minimum Gasteiger partial charge on any atom is -0.324 e. The van der Waals surface area contributed by atoms with Crippen LogP contribution in [0.15, 0.2) is 18.3 Å². The first kappa shape index (κ1) is 15.6. The van der Waals surface area contributed by atoms with Crippen LogP contribution in [0.5, 0.6) is 0 Å². The molecule has 0 aliphatic heterocycles. The van der Waals surface area contributed by atoms with E-state index in [1.54, 1.807) is 26.1 Å². The Hall–Kier alpha value is -2.31. The molecule has 1 N–H and O–H groups in total. The van der Waals surface area contributed by atoms with Crippen LogP contribution in [0.25, 0.3) is 0 Å². The van der Waals surface area contributed by atoms with E-state index in [0.717, 1.165) is 18.5 Å². The quantitative estimate of drug-likeness (QED) is 0.919. The Balaban J connectivity index is 1.76. The molecule has 23 heavy (non-hydrogen) atoms. The van der Waals surface area contributed by atoms with E-state index in [-0.39, 0.29) is 12.3 Å². The molecule has 2 aromatic rings. The summed E-state index contributed by atoms with van der Waals surface area (Å²) in [5, 5.41) is 6.65. The van der Waals surface area contributed by atoms with Crippen LogP contribution in [0, 0.1) is 13.8 Å². The highest BCUT2D eigenvalue weighted by molar-refractivity contribution is 5.93. The van der Waals surface area contributed by atoms with Crippen molar-refractivity contribution in [1.29, 1.82) is 0 Å². The monoisotopic (exact) mass is 320 g/mol. The van der Waals surface area contributed by atoms with Gasteiger partial charge >= 0.3 is 6.55 Å². The number of amides is 1. The van der Waals surface area contributed by atoms with Gasteiger partial charge in [0.1, 0.15) is 0 Å². The number of halogens is 2. The van der Waals surface area contributed by atoms with E-state index in [4.69, 9.17) is 0 Å². The predicted molar refractivity (Wildman–Crippen MR) is 81.5 cm³/mol. The van der Waals surface area contributed by atoms with Crippen molar-refractivity contribution in [3.05, 3.63) is 41.0 Å². The Morgan fingerprint density at radius 2 is 2.17 bits per heavy atom. The highest BCUT2D eigenvalue weighted by atomic mass is 19.3. The molecule has 7 heteroatoms. The molecular weight excluding hydrogens is 302 g/mol. The fourth-order valence-electron chi connectivity index (χ4n) is 2.70. The topological polar surface area (TPSA) is 59.8 Å². The zero-order valence-electron chi connectivity index (χ0n) is 13.0. The Bertz CT molecular complexity index is 738. The van der Waals surface area contributed by atoms with Gasteiger partial charge < -0.3 is 5.32 Å². The average Bonchev–Trinajstić information content (AvgIpc) is 3.30. The van der Waals surface area contributed by atoms with Crippen molar-refractivity contribution in [3.8, 4) is 0 Å². The molecule has 1 aliphatic rings. The lowest BCUT2D eigenvalue weighted by molar-refractivity contribution is -0.115. The number of pyridine rings is 1. The molecule has 2 heterocycles. The Kier molecular flexibility index (Phi) is 4.11. The Morgan fingerprint density at radius 1 is 1.43 bits per heavy atom. The Labute approximate surface area is 132 Å². The summed E-state index contributed by atoms with van der Waals surface area (Å²) >= 11 is 0. The molecule has 1 saturated carbocycles. The summed E-state index contributed by atoms with van der Waals surface area (Å²) in [6.07, 6.45) is 3.90. The van der Waals surface area contributed by atoms with Gasteiger partial charge in [-0.3, -0.25) is 9.78 Å². The maximum atomic E-state index is 12.8. The minimum absolute atomic E-state index is 0.0172. The Morgan fingerprint density at radius 3 is 2.78 bits per heavy atom. The van der Waals surface area contributed by atoms with Gasteiger partial charge in [-0.15, -0.1) is 0 Å². The number of hydrogen-bond acceptors (Lipinski definition) is 3. The number of hydrogen-bond donors (Lipinski definition) is 1. The second kappa shape index (κ2) is 6.06. The molecule has 1 aliphatic carbocycles. The number of aryl methyl sites for hydroxylation is 1. The van der Waals surface area contributed by atoms with Crippen LogP contribution < -0.4 is 5.32 Å². The van der Waals surface area contributed by atoms with Crippen LogP contribution >= 0.6 is 0 Å². The molecule has 3 rings (SSSR count). The van der Waals surface area contributed by atoms with Crippen molar-refractivity contribution in [1.82, 2.24) is 14.8 Å². The van der Waals surface area contributed by atoms with Gasteiger partial charge in [0.25, 0.3) is 0 Å². The predicted octanol–water partition coefficient (Wildman–Crippen LogP) is 3.35. The molecule has 0 unspecified atom stereocenters. The van der Waals surface area contributed by atoms with E-state index in [1.807, 2.05) is 6.07 Å². The molecule has 1 amide bonds. The third kappa shape index (κ3) is 3.23. The number of alkyl halides is 2. The van der Waals surface area contributed by atoms with E-state index >= 15 is 0 Å². The number of carbonyl (C=O) groups is 1. The van der Waals surface area contributed by atoms with Crippen molar-refractivity contribution in [2.45, 2.75) is 45.6 Å². The maximum Gasteiger partial charge on any atom is 0.333 e. The van der Waals surface area contributed by atoms with Gasteiger partial charge in [0, 0.05) is 23.4 Å². The normalized spacial score (nSPS) is 14.3. The highest BCUT2D eigenvalue weighted by Crippen LogP contribution is 2.42. The van der Waals surface area contributed by atoms with Crippen molar-refractivity contribution in [2.24, 2.45) is 0 Å². The van der Waals surface area contributed by atoms with E-state index in [0.29, 0.717) is 33.2 Å². The highest BCUT2D eigenvalue weighted by Gasteiger charge is 2.28. The number of aromatic nitrogens is 3. The van der Waals surface area contributed by atoms with Crippen LogP contribution in [0.4, 0.5) is 14.5 Å². The minimum atomic E-state index is -2.70. The van der Waals surface area contributed by atoms with Gasteiger partial charge in [-0.05, 0) is 38.8 Å².